The Morgan fingerprint density at radius 3 is 1.31 bits per heavy atom. The fraction of sp³-hybridized carbons (Fsp3) is 1.00. The van der Waals surface area contributed by atoms with Gasteiger partial charge in [-0.3, -0.25) is 0 Å². The number of hydrogen-bond donors (Lipinski definition) is 3. The van der Waals surface area contributed by atoms with Crippen LogP contribution < -0.4 is 16.8 Å². The van der Waals surface area contributed by atoms with Crippen molar-refractivity contribution in [2.24, 2.45) is 11.5 Å². The van der Waals surface area contributed by atoms with E-state index in [1.807, 2.05) is 0 Å². The van der Waals surface area contributed by atoms with E-state index in [1.54, 1.807) is 0 Å². The molecule has 0 aromatic carbocycles. The molecule has 0 bridgehead atoms. The first-order chi connectivity index (χ1) is 7.41. The first-order valence-electron chi connectivity index (χ1n) is 6.52. The molecule has 0 atom stereocenters. The van der Waals surface area contributed by atoms with Crippen molar-refractivity contribution >= 4 is 18.9 Å². The zero-order chi connectivity index (χ0) is 11.2. The molecule has 4 heteroatoms. The standard InChI is InChI=1S/C12H29N3.Li.H/c13-9-5-1-3-7-11-15-12-8-4-2-6-10-14;;/h15H,1-14H2;;. The van der Waals surface area contributed by atoms with E-state index in [9.17, 15) is 0 Å². The summed E-state index contributed by atoms with van der Waals surface area (Å²) in [5, 5.41) is 3.48. The number of rotatable bonds is 12. The Morgan fingerprint density at radius 1 is 0.562 bits per heavy atom. The molecule has 0 aromatic heterocycles. The van der Waals surface area contributed by atoms with Gasteiger partial charge < -0.3 is 16.8 Å². The monoisotopic (exact) mass is 223 g/mol. The first-order valence-corrected chi connectivity index (χ1v) is 6.52. The molecule has 0 heterocycles. The Labute approximate surface area is 113 Å². The van der Waals surface area contributed by atoms with Crippen molar-refractivity contribution in [1.29, 1.82) is 0 Å². The molecule has 0 fully saturated rings. The average molecular weight is 223 g/mol. The van der Waals surface area contributed by atoms with Crippen LogP contribution in [0.3, 0.4) is 0 Å². The Hall–Kier alpha value is 0.477. The van der Waals surface area contributed by atoms with Gasteiger partial charge in [-0.05, 0) is 51.9 Å². The van der Waals surface area contributed by atoms with E-state index in [-0.39, 0.29) is 18.9 Å². The van der Waals surface area contributed by atoms with Gasteiger partial charge >= 0.3 is 18.9 Å². The molecule has 0 rings (SSSR count). The molecule has 0 aromatic rings. The molecule has 0 aliphatic carbocycles. The van der Waals surface area contributed by atoms with Gasteiger partial charge in [0.2, 0.25) is 0 Å². The summed E-state index contributed by atoms with van der Waals surface area (Å²) < 4.78 is 0. The Balaban J connectivity index is 0. The zero-order valence-corrected chi connectivity index (χ0v) is 10.1. The molecule has 0 aliphatic heterocycles. The molecular weight excluding hydrogens is 193 g/mol. The molecule has 0 radical (unpaired) electrons. The van der Waals surface area contributed by atoms with Crippen molar-refractivity contribution < 1.29 is 0 Å². The summed E-state index contributed by atoms with van der Waals surface area (Å²) in [5.74, 6) is 0. The van der Waals surface area contributed by atoms with E-state index in [2.05, 4.69) is 5.32 Å². The van der Waals surface area contributed by atoms with Crippen LogP contribution in [-0.4, -0.2) is 45.0 Å². The number of unbranched alkanes of at least 4 members (excludes halogenated alkanes) is 6. The summed E-state index contributed by atoms with van der Waals surface area (Å²) in [5.41, 5.74) is 10.8. The topological polar surface area (TPSA) is 64.1 Å². The predicted octanol–water partition coefficient (Wildman–Crippen LogP) is 0.966. The molecule has 0 spiro atoms. The Bertz CT molecular complexity index is 100. The van der Waals surface area contributed by atoms with Gasteiger partial charge in [-0.25, -0.2) is 0 Å². The van der Waals surface area contributed by atoms with Crippen molar-refractivity contribution in [2.45, 2.75) is 51.4 Å². The summed E-state index contributed by atoms with van der Waals surface area (Å²) in [6.07, 6.45) is 10.2. The van der Waals surface area contributed by atoms with Gasteiger partial charge in [-0.15, -0.1) is 0 Å². The average Bonchev–Trinajstić information content (AvgIpc) is 2.26. The molecule has 0 saturated carbocycles. The van der Waals surface area contributed by atoms with E-state index in [0.717, 1.165) is 13.1 Å². The van der Waals surface area contributed by atoms with Crippen molar-refractivity contribution in [3.8, 4) is 0 Å². The Morgan fingerprint density at radius 2 is 0.938 bits per heavy atom. The molecule has 16 heavy (non-hydrogen) atoms. The summed E-state index contributed by atoms with van der Waals surface area (Å²) in [6.45, 7) is 4.02. The Kier molecular flexibility index (Phi) is 21.0. The van der Waals surface area contributed by atoms with Crippen LogP contribution in [0.1, 0.15) is 51.4 Å². The third kappa shape index (κ3) is 16.9. The quantitative estimate of drug-likeness (QED) is 0.341. The van der Waals surface area contributed by atoms with E-state index >= 15 is 0 Å². The van der Waals surface area contributed by atoms with Gasteiger partial charge in [0.15, 0.2) is 0 Å². The van der Waals surface area contributed by atoms with E-state index in [4.69, 9.17) is 11.5 Å². The first kappa shape index (κ1) is 18.8. The number of nitrogens with one attached hydrogen (secondary N) is 1. The van der Waals surface area contributed by atoms with Gasteiger partial charge in [-0.2, -0.15) is 0 Å². The van der Waals surface area contributed by atoms with E-state index < -0.39 is 0 Å². The SMILES string of the molecule is NCCCCCCNCCCCCCN.[LiH]. The van der Waals surface area contributed by atoms with Crippen LogP contribution in [0.25, 0.3) is 0 Å². The van der Waals surface area contributed by atoms with Crippen molar-refractivity contribution in [3.63, 3.8) is 0 Å². The fourth-order valence-corrected chi connectivity index (χ4v) is 1.62. The normalized spacial score (nSPS) is 10.1. The molecule has 0 saturated heterocycles. The van der Waals surface area contributed by atoms with Crippen molar-refractivity contribution in [2.75, 3.05) is 26.2 Å². The summed E-state index contributed by atoms with van der Waals surface area (Å²) >= 11 is 0. The van der Waals surface area contributed by atoms with Gasteiger partial charge in [-0.1, -0.05) is 25.7 Å². The minimum atomic E-state index is 0. The second-order valence-corrected chi connectivity index (χ2v) is 4.16. The van der Waals surface area contributed by atoms with Gasteiger partial charge in [0.25, 0.3) is 0 Å². The van der Waals surface area contributed by atoms with Crippen LogP contribution in [0.5, 0.6) is 0 Å². The molecule has 0 unspecified atom stereocenters. The number of nitrogens with two attached hydrogens (primary N) is 2. The van der Waals surface area contributed by atoms with Crippen LogP contribution in [0.4, 0.5) is 0 Å². The van der Waals surface area contributed by atoms with Crippen molar-refractivity contribution in [1.82, 2.24) is 5.32 Å². The summed E-state index contributed by atoms with van der Waals surface area (Å²) in [6, 6.07) is 0. The molecule has 3 nitrogen and oxygen atoms in total. The molecule has 0 amide bonds. The minimum absolute atomic E-state index is 0. The van der Waals surface area contributed by atoms with Crippen LogP contribution in [-0.2, 0) is 0 Å². The van der Waals surface area contributed by atoms with Crippen LogP contribution in [0, 0.1) is 0 Å². The third-order valence-corrected chi connectivity index (χ3v) is 2.62. The van der Waals surface area contributed by atoms with Crippen LogP contribution >= 0.6 is 0 Å². The van der Waals surface area contributed by atoms with Crippen LogP contribution in [0.15, 0.2) is 0 Å². The maximum atomic E-state index is 5.42. The van der Waals surface area contributed by atoms with E-state index in [0.29, 0.717) is 0 Å². The summed E-state index contributed by atoms with van der Waals surface area (Å²) in [7, 11) is 0. The number of hydrogen-bond acceptors (Lipinski definition) is 3. The van der Waals surface area contributed by atoms with Crippen molar-refractivity contribution in [3.05, 3.63) is 0 Å². The molecular formula is C12H30LiN3. The fourth-order valence-electron chi connectivity index (χ4n) is 1.62. The maximum absolute atomic E-state index is 5.42. The molecule has 94 valence electrons. The van der Waals surface area contributed by atoms with Gasteiger partial charge in [0.05, 0.1) is 0 Å². The second-order valence-electron chi connectivity index (χ2n) is 4.16. The second kappa shape index (κ2) is 17.9. The summed E-state index contributed by atoms with van der Waals surface area (Å²) in [4.78, 5) is 0. The third-order valence-electron chi connectivity index (χ3n) is 2.62. The van der Waals surface area contributed by atoms with Gasteiger partial charge in [0.1, 0.15) is 0 Å². The van der Waals surface area contributed by atoms with E-state index in [1.165, 1.54) is 64.5 Å². The van der Waals surface area contributed by atoms with Crippen LogP contribution in [0.2, 0.25) is 0 Å². The zero-order valence-electron chi connectivity index (χ0n) is 10.1. The predicted molar refractivity (Wildman–Crippen MR) is 75.1 cm³/mol. The molecule has 0 aliphatic rings. The molecule has 5 N–H and O–H groups in total. The van der Waals surface area contributed by atoms with Gasteiger partial charge in [0, 0.05) is 0 Å².